The van der Waals surface area contributed by atoms with Crippen molar-refractivity contribution in [1.29, 1.82) is 0 Å². The highest BCUT2D eigenvalue weighted by Crippen LogP contribution is 2.26. The fourth-order valence-electron chi connectivity index (χ4n) is 0.110. The van der Waals surface area contributed by atoms with Crippen LogP contribution in [-0.4, -0.2) is 6.61 Å². The second-order valence-corrected chi connectivity index (χ2v) is 4.29. The first kappa shape index (κ1) is 6.83. The third-order valence-corrected chi connectivity index (χ3v) is 1.38. The molecule has 0 saturated carbocycles. The molecule has 1 atom stereocenters. The van der Waals surface area contributed by atoms with Crippen LogP contribution in [0, 0.1) is 0 Å². The largest absolute Gasteiger partial charge is 0.411 e. The molecule has 0 aromatic carbocycles. The van der Waals surface area contributed by atoms with Crippen LogP contribution in [0.5, 0.6) is 0 Å². The van der Waals surface area contributed by atoms with E-state index in [9.17, 15) is 0 Å². The maximum atomic E-state index is 4.79. The van der Waals surface area contributed by atoms with Gasteiger partial charge in [-0.3, -0.25) is 0 Å². The second kappa shape index (κ2) is 4.00. The Morgan fingerprint density at radius 3 is 2.50 bits per heavy atom. The highest BCUT2D eigenvalue weighted by Gasteiger charge is 1.96. The van der Waals surface area contributed by atoms with E-state index in [0.717, 1.165) is 0 Å². The van der Waals surface area contributed by atoms with Crippen molar-refractivity contribution in [2.75, 3.05) is 6.61 Å². The van der Waals surface area contributed by atoms with Gasteiger partial charge >= 0.3 is 6.13 Å². The molecule has 1 nitrogen and oxygen atoms in total. The van der Waals surface area contributed by atoms with Gasteiger partial charge in [-0.2, -0.15) is 4.52 Å². The minimum Gasteiger partial charge on any atom is -0.159 e. The van der Waals surface area contributed by atoms with Crippen molar-refractivity contribution >= 4 is 30.2 Å². The third kappa shape index (κ3) is 4.83. The lowest BCUT2D eigenvalue weighted by Gasteiger charge is -1.72. The minimum absolute atomic E-state index is 0.679. The van der Waals surface area contributed by atoms with Crippen LogP contribution < -0.4 is 0 Å². The molecule has 1 unspecified atom stereocenters. The molecule has 0 aliphatic rings. The summed E-state index contributed by atoms with van der Waals surface area (Å²) in [6, 6.07) is 0. The van der Waals surface area contributed by atoms with Crippen LogP contribution >= 0.6 is 18.4 Å². The van der Waals surface area contributed by atoms with Gasteiger partial charge in [0, 0.05) is 0 Å². The average molecular weight is 141 g/mol. The summed E-state index contributed by atoms with van der Waals surface area (Å²) in [7, 11) is 0. The van der Waals surface area contributed by atoms with Gasteiger partial charge < -0.3 is 0 Å². The number of rotatable bonds is 2. The van der Waals surface area contributed by atoms with Crippen LogP contribution in [0.15, 0.2) is 0 Å². The van der Waals surface area contributed by atoms with E-state index in [4.69, 9.17) is 4.52 Å². The molecule has 0 aromatic heterocycles. The van der Waals surface area contributed by atoms with Gasteiger partial charge in [-0.1, -0.05) is 0 Å². The van der Waals surface area contributed by atoms with E-state index in [-0.39, 0.29) is 0 Å². The Balaban J connectivity index is 2.83. The zero-order valence-corrected chi connectivity index (χ0v) is 6.02. The Labute approximate surface area is 48.7 Å². The van der Waals surface area contributed by atoms with Crippen LogP contribution in [0.3, 0.4) is 0 Å². The van der Waals surface area contributed by atoms with Crippen molar-refractivity contribution in [3.8, 4) is 0 Å². The quantitative estimate of drug-likeness (QED) is 0.463. The van der Waals surface area contributed by atoms with Gasteiger partial charge in [0.2, 0.25) is 11.8 Å². The molecular formula is C2H6OPS2+. The molecule has 0 bridgehead atoms. The maximum absolute atomic E-state index is 4.79. The number of hydrogen-bond donors (Lipinski definition) is 1. The van der Waals surface area contributed by atoms with Crippen molar-refractivity contribution in [2.45, 2.75) is 6.92 Å². The SMILES string of the molecule is CCO[P+](=S)S. The summed E-state index contributed by atoms with van der Waals surface area (Å²) < 4.78 is 4.79. The molecule has 6 heavy (non-hydrogen) atoms. The first-order valence-electron chi connectivity index (χ1n) is 1.56. The Kier molecular flexibility index (Phi) is 4.56. The standard InChI is InChI=1S/C2H5OPS2/c1-2-3-4(5)6/h2H2,1H3/p+1. The van der Waals surface area contributed by atoms with Gasteiger partial charge in [0.1, 0.15) is 12.2 Å². The lowest BCUT2D eigenvalue weighted by atomic mass is 10.9. The normalized spacial score (nSPS) is 11.3. The molecule has 0 heterocycles. The highest BCUT2D eigenvalue weighted by atomic mass is 32.9. The second-order valence-electron chi connectivity index (χ2n) is 0.656. The van der Waals surface area contributed by atoms with E-state index < -0.39 is 6.13 Å². The van der Waals surface area contributed by atoms with Gasteiger partial charge in [0.05, 0.1) is 6.61 Å². The predicted octanol–water partition coefficient (Wildman–Crippen LogP) is 1.73. The van der Waals surface area contributed by atoms with Gasteiger partial charge in [-0.25, -0.2) is 0 Å². The molecule has 0 N–H and O–H groups in total. The minimum atomic E-state index is -0.823. The van der Waals surface area contributed by atoms with Crippen LogP contribution in [0.2, 0.25) is 0 Å². The zero-order valence-electron chi connectivity index (χ0n) is 3.42. The lowest BCUT2D eigenvalue weighted by Crippen LogP contribution is -1.69. The zero-order chi connectivity index (χ0) is 4.99. The first-order chi connectivity index (χ1) is 2.77. The highest BCUT2D eigenvalue weighted by molar-refractivity contribution is 8.54. The topological polar surface area (TPSA) is 9.23 Å². The van der Waals surface area contributed by atoms with E-state index in [2.05, 4.69) is 24.1 Å². The first-order valence-corrected chi connectivity index (χ1v) is 4.99. The van der Waals surface area contributed by atoms with E-state index in [1.165, 1.54) is 0 Å². The van der Waals surface area contributed by atoms with Crippen LogP contribution in [0.1, 0.15) is 6.92 Å². The summed E-state index contributed by atoms with van der Waals surface area (Å²) in [4.78, 5) is 0. The lowest BCUT2D eigenvalue weighted by molar-refractivity contribution is 0.396. The van der Waals surface area contributed by atoms with Gasteiger partial charge in [0.25, 0.3) is 0 Å². The van der Waals surface area contributed by atoms with Crippen molar-refractivity contribution in [3.63, 3.8) is 0 Å². The molecule has 0 amide bonds. The van der Waals surface area contributed by atoms with Crippen molar-refractivity contribution in [2.24, 2.45) is 0 Å². The Morgan fingerprint density at radius 2 is 2.50 bits per heavy atom. The van der Waals surface area contributed by atoms with Crippen molar-refractivity contribution < 1.29 is 4.52 Å². The van der Waals surface area contributed by atoms with Crippen LogP contribution in [0.25, 0.3) is 0 Å². The van der Waals surface area contributed by atoms with Gasteiger partial charge in [0.15, 0.2) is 0 Å². The molecule has 0 aliphatic heterocycles. The molecular weight excluding hydrogens is 135 g/mol. The Bertz CT molecular complexity index is 55.5. The van der Waals surface area contributed by atoms with E-state index in [1.54, 1.807) is 0 Å². The molecule has 0 rings (SSSR count). The predicted molar refractivity (Wildman–Crippen MR) is 34.9 cm³/mol. The maximum Gasteiger partial charge on any atom is 0.411 e. The summed E-state index contributed by atoms with van der Waals surface area (Å²) in [6.45, 7) is 2.58. The van der Waals surface area contributed by atoms with Gasteiger partial charge in [-0.05, 0) is 6.92 Å². The molecule has 0 aromatic rings. The summed E-state index contributed by atoms with van der Waals surface area (Å²) in [5.74, 6) is 0. The molecule has 0 aliphatic carbocycles. The van der Waals surface area contributed by atoms with E-state index >= 15 is 0 Å². The molecule has 0 radical (unpaired) electrons. The van der Waals surface area contributed by atoms with E-state index in [1.807, 2.05) is 6.92 Å². The monoisotopic (exact) mass is 141 g/mol. The average Bonchev–Trinajstić information content (AvgIpc) is 1.35. The summed E-state index contributed by atoms with van der Waals surface area (Å²) in [5.41, 5.74) is 0. The summed E-state index contributed by atoms with van der Waals surface area (Å²) in [5, 5.41) is 0. The van der Waals surface area contributed by atoms with Crippen LogP contribution in [-0.2, 0) is 16.3 Å². The van der Waals surface area contributed by atoms with Gasteiger partial charge in [-0.15, -0.1) is 0 Å². The molecule has 4 heteroatoms. The molecule has 0 spiro atoms. The third-order valence-electron chi connectivity index (χ3n) is 0.240. The van der Waals surface area contributed by atoms with Crippen LogP contribution in [0.4, 0.5) is 0 Å². The molecule has 36 valence electrons. The van der Waals surface area contributed by atoms with Crippen molar-refractivity contribution in [1.82, 2.24) is 0 Å². The number of thiol groups is 1. The smallest absolute Gasteiger partial charge is 0.159 e. The molecule has 0 saturated heterocycles. The van der Waals surface area contributed by atoms with Crippen molar-refractivity contribution in [3.05, 3.63) is 0 Å². The Morgan fingerprint density at radius 1 is 2.00 bits per heavy atom. The molecule has 0 fully saturated rings. The van der Waals surface area contributed by atoms with E-state index in [0.29, 0.717) is 6.61 Å². The fraction of sp³-hybridized carbons (Fsp3) is 1.00. The summed E-state index contributed by atoms with van der Waals surface area (Å²) >= 11 is 8.42. The fourth-order valence-corrected chi connectivity index (χ4v) is 0.994. The Hall–Kier alpha value is 0.830. The summed E-state index contributed by atoms with van der Waals surface area (Å²) in [6.07, 6.45) is -0.823. The number of hydrogen-bond acceptors (Lipinski definition) is 2.